The number of hydrogen-bond donors (Lipinski definition) is 0. The normalized spacial score (nSPS) is 11.5. The number of benzene rings is 10. The molecule has 2 aromatic heterocycles. The topological polar surface area (TPSA) is 21.3 Å². The van der Waals surface area contributed by atoms with Gasteiger partial charge in [-0.15, -0.1) is 0 Å². The summed E-state index contributed by atoms with van der Waals surface area (Å²) >= 11 is 0. The molecule has 308 valence electrons. The second-order valence-electron chi connectivity index (χ2n) is 17.0. The smallest absolute Gasteiger partial charge is 0.145 e. The Balaban J connectivity index is 1.04. The summed E-state index contributed by atoms with van der Waals surface area (Å²) in [5, 5.41) is 4.60. The summed E-state index contributed by atoms with van der Waals surface area (Å²) in [6.45, 7) is 4.39. The summed E-state index contributed by atoms with van der Waals surface area (Å²) in [4.78, 5) is 2.37. The molecule has 0 fully saturated rings. The molecule has 0 unspecified atom stereocenters. The van der Waals surface area contributed by atoms with Crippen molar-refractivity contribution in [2.75, 3.05) is 4.90 Å². The van der Waals surface area contributed by atoms with Crippen LogP contribution in [0.25, 0.3) is 93.9 Å². The van der Waals surface area contributed by atoms with Crippen LogP contribution in [0.4, 0.5) is 17.1 Å². The molecule has 0 N–H and O–H groups in total. The second kappa shape index (κ2) is 15.7. The molecule has 0 atom stereocenters. The van der Waals surface area contributed by atoms with Gasteiger partial charge in [-0.05, 0) is 131 Å². The fraction of sp³-hybridized carbons (Fsp3) is 0.0323. The number of para-hydroxylation sites is 2. The molecule has 10 aromatic carbocycles. The first-order valence-electron chi connectivity index (χ1n) is 22.3. The van der Waals surface area contributed by atoms with Crippen molar-refractivity contribution in [3.63, 3.8) is 0 Å². The molecular formula is C62H44N2O. The van der Waals surface area contributed by atoms with Gasteiger partial charge in [0.15, 0.2) is 0 Å². The van der Waals surface area contributed by atoms with E-state index in [1.807, 2.05) is 0 Å². The molecule has 12 aromatic rings. The van der Waals surface area contributed by atoms with E-state index < -0.39 is 0 Å². The number of rotatable bonds is 8. The van der Waals surface area contributed by atoms with Crippen molar-refractivity contribution in [2.24, 2.45) is 0 Å². The average molecular weight is 833 g/mol. The predicted octanol–water partition coefficient (Wildman–Crippen LogP) is 17.4. The van der Waals surface area contributed by atoms with Gasteiger partial charge in [0.2, 0.25) is 0 Å². The first-order valence-corrected chi connectivity index (χ1v) is 22.3. The van der Waals surface area contributed by atoms with Crippen LogP contribution in [0.2, 0.25) is 0 Å². The van der Waals surface area contributed by atoms with Crippen molar-refractivity contribution in [1.82, 2.24) is 4.57 Å². The van der Waals surface area contributed by atoms with Gasteiger partial charge in [-0.2, -0.15) is 0 Å². The molecule has 65 heavy (non-hydrogen) atoms. The molecule has 2 heterocycles. The van der Waals surface area contributed by atoms with Crippen molar-refractivity contribution in [3.8, 4) is 50.2 Å². The third-order valence-electron chi connectivity index (χ3n) is 13.1. The minimum atomic E-state index is 0.872. The number of nitrogens with zero attached hydrogens (tertiary/aromatic N) is 2. The zero-order valence-corrected chi connectivity index (χ0v) is 36.2. The maximum atomic E-state index is 6.94. The van der Waals surface area contributed by atoms with Gasteiger partial charge < -0.3 is 13.9 Å². The first-order chi connectivity index (χ1) is 32.1. The predicted molar refractivity (Wildman–Crippen MR) is 274 cm³/mol. The van der Waals surface area contributed by atoms with Gasteiger partial charge in [0.25, 0.3) is 0 Å². The summed E-state index contributed by atoms with van der Waals surface area (Å²) in [7, 11) is 0. The Bertz CT molecular complexity index is 3710. The molecule has 0 spiro atoms. The summed E-state index contributed by atoms with van der Waals surface area (Å²) in [5.74, 6) is 0. The molecule has 0 aliphatic carbocycles. The molecule has 0 saturated heterocycles. The Hall–Kier alpha value is -8.40. The quantitative estimate of drug-likeness (QED) is 0.152. The Morgan fingerprint density at radius 2 is 0.938 bits per heavy atom. The standard InChI is InChI=1S/C62H44N2O/c1-41-16-9-10-23-52(41)55-39-51(33-28-42(55)2)63(48-34-29-45(30-35-48)43-17-5-3-6-18-43)49-36-31-46(32-37-49)56-40-57-53-24-11-13-26-58(53)64(50-22-15-21-47(38-50)44-19-7-4-8-20-44)61(57)60-54-25-12-14-27-59(54)65-62(56)60/h3-40H,1-2H3. The first kappa shape index (κ1) is 38.3. The number of hydrogen-bond acceptors (Lipinski definition) is 2. The van der Waals surface area contributed by atoms with Crippen LogP contribution in [0.1, 0.15) is 11.1 Å². The van der Waals surface area contributed by atoms with Gasteiger partial charge in [0.05, 0.1) is 16.4 Å². The average Bonchev–Trinajstić information content (AvgIpc) is 3.92. The fourth-order valence-electron chi connectivity index (χ4n) is 9.86. The highest BCUT2D eigenvalue weighted by atomic mass is 16.3. The number of anilines is 3. The van der Waals surface area contributed by atoms with Gasteiger partial charge >= 0.3 is 0 Å². The van der Waals surface area contributed by atoms with Crippen LogP contribution in [0.3, 0.4) is 0 Å². The lowest BCUT2D eigenvalue weighted by atomic mass is 9.95. The monoisotopic (exact) mass is 832 g/mol. The lowest BCUT2D eigenvalue weighted by Crippen LogP contribution is -2.10. The van der Waals surface area contributed by atoms with Crippen LogP contribution < -0.4 is 4.90 Å². The largest absolute Gasteiger partial charge is 0.455 e. The lowest BCUT2D eigenvalue weighted by Gasteiger charge is -2.27. The number of furan rings is 1. The highest BCUT2D eigenvalue weighted by Gasteiger charge is 2.23. The maximum Gasteiger partial charge on any atom is 0.145 e. The van der Waals surface area contributed by atoms with Gasteiger partial charge in [-0.3, -0.25) is 0 Å². The number of fused-ring (bicyclic) bond motifs is 7. The van der Waals surface area contributed by atoms with E-state index >= 15 is 0 Å². The van der Waals surface area contributed by atoms with E-state index in [0.717, 1.165) is 66.8 Å². The third-order valence-corrected chi connectivity index (χ3v) is 13.1. The van der Waals surface area contributed by atoms with Crippen LogP contribution in [-0.2, 0) is 0 Å². The van der Waals surface area contributed by atoms with Gasteiger partial charge in [-0.25, -0.2) is 0 Å². The molecule has 0 bridgehead atoms. The van der Waals surface area contributed by atoms with Crippen molar-refractivity contribution >= 4 is 60.8 Å². The molecule has 0 aliphatic rings. The van der Waals surface area contributed by atoms with E-state index in [-0.39, 0.29) is 0 Å². The fourth-order valence-corrected chi connectivity index (χ4v) is 9.86. The van der Waals surface area contributed by atoms with E-state index in [1.165, 1.54) is 55.3 Å². The summed E-state index contributed by atoms with van der Waals surface area (Å²) in [6, 6.07) is 83.1. The van der Waals surface area contributed by atoms with E-state index in [1.54, 1.807) is 0 Å². The van der Waals surface area contributed by atoms with E-state index in [9.17, 15) is 0 Å². The maximum absolute atomic E-state index is 6.94. The molecular weight excluding hydrogens is 789 g/mol. The zero-order valence-electron chi connectivity index (χ0n) is 36.2. The Morgan fingerprint density at radius 1 is 0.369 bits per heavy atom. The highest BCUT2D eigenvalue weighted by Crippen LogP contribution is 2.46. The van der Waals surface area contributed by atoms with E-state index in [4.69, 9.17) is 4.42 Å². The molecule has 0 aliphatic heterocycles. The van der Waals surface area contributed by atoms with Gasteiger partial charge in [0, 0.05) is 44.5 Å². The van der Waals surface area contributed by atoms with Crippen LogP contribution >= 0.6 is 0 Å². The Labute approximate surface area is 378 Å². The zero-order chi connectivity index (χ0) is 43.4. The van der Waals surface area contributed by atoms with Gasteiger partial charge in [-0.1, -0.05) is 164 Å². The second-order valence-corrected chi connectivity index (χ2v) is 17.0. The molecule has 0 amide bonds. The molecule has 0 radical (unpaired) electrons. The summed E-state index contributed by atoms with van der Waals surface area (Å²) in [5.41, 5.74) is 20.3. The molecule has 3 heteroatoms. The van der Waals surface area contributed by atoms with Gasteiger partial charge in [0.1, 0.15) is 11.2 Å². The highest BCUT2D eigenvalue weighted by molar-refractivity contribution is 6.27. The van der Waals surface area contributed by atoms with Crippen molar-refractivity contribution in [1.29, 1.82) is 0 Å². The minimum absolute atomic E-state index is 0.872. The van der Waals surface area contributed by atoms with Crippen LogP contribution in [0.15, 0.2) is 235 Å². The Kier molecular flexibility index (Phi) is 9.28. The van der Waals surface area contributed by atoms with E-state index in [2.05, 4.69) is 254 Å². The minimum Gasteiger partial charge on any atom is -0.455 e. The SMILES string of the molecule is Cc1ccccc1-c1cc(N(c2ccc(-c3ccccc3)cc2)c2ccc(-c3cc4c5ccccc5n(-c5cccc(-c6ccccc6)c5)c4c4c3oc3ccccc34)cc2)ccc1C. The number of aromatic nitrogens is 1. The molecule has 3 nitrogen and oxygen atoms in total. The van der Waals surface area contributed by atoms with Crippen LogP contribution in [0, 0.1) is 13.8 Å². The van der Waals surface area contributed by atoms with Crippen molar-refractivity contribution in [3.05, 3.63) is 242 Å². The molecule has 12 rings (SSSR count). The molecule has 0 saturated carbocycles. The lowest BCUT2D eigenvalue weighted by molar-refractivity contribution is 0.670. The van der Waals surface area contributed by atoms with Crippen LogP contribution in [-0.4, -0.2) is 4.57 Å². The Morgan fingerprint density at radius 3 is 1.68 bits per heavy atom. The summed E-state index contributed by atoms with van der Waals surface area (Å²) < 4.78 is 9.37. The van der Waals surface area contributed by atoms with E-state index in [0.29, 0.717) is 0 Å². The summed E-state index contributed by atoms with van der Waals surface area (Å²) in [6.07, 6.45) is 0. The van der Waals surface area contributed by atoms with Crippen LogP contribution in [0.5, 0.6) is 0 Å². The van der Waals surface area contributed by atoms with Crippen molar-refractivity contribution in [2.45, 2.75) is 13.8 Å². The number of aryl methyl sites for hydroxylation is 2. The van der Waals surface area contributed by atoms with Crippen molar-refractivity contribution < 1.29 is 4.42 Å². The third kappa shape index (κ3) is 6.60.